The van der Waals surface area contributed by atoms with E-state index in [0.29, 0.717) is 0 Å². The van der Waals surface area contributed by atoms with Crippen molar-refractivity contribution in [3.8, 4) is 5.75 Å². The summed E-state index contributed by atoms with van der Waals surface area (Å²) in [5.41, 5.74) is 6.52. The molecule has 0 atom stereocenters. The molecule has 0 aliphatic carbocycles. The fourth-order valence-electron chi connectivity index (χ4n) is 4.07. The summed E-state index contributed by atoms with van der Waals surface area (Å²) in [7, 11) is 0. The van der Waals surface area contributed by atoms with Crippen molar-refractivity contribution in [3.63, 3.8) is 0 Å². The number of ether oxygens (including phenoxy) is 1. The van der Waals surface area contributed by atoms with Crippen molar-refractivity contribution >= 4 is 11.4 Å². The van der Waals surface area contributed by atoms with Crippen LogP contribution in [0.1, 0.15) is 93.4 Å². The molecular weight excluding hydrogens is 380 g/mol. The van der Waals surface area contributed by atoms with Crippen molar-refractivity contribution < 1.29 is 4.74 Å². The van der Waals surface area contributed by atoms with Crippen molar-refractivity contribution in [2.45, 2.75) is 98.8 Å². The molecule has 170 valence electrons. The number of azo groups is 1. The Labute approximate surface area is 190 Å². The van der Waals surface area contributed by atoms with Gasteiger partial charge in [-0.15, -0.1) is 0 Å². The molecule has 2 aromatic rings. The second-order valence-electron chi connectivity index (χ2n) is 8.93. The zero-order valence-electron chi connectivity index (χ0n) is 20.5. The molecule has 31 heavy (non-hydrogen) atoms. The normalized spacial score (nSPS) is 11.4. The third-order valence-electron chi connectivity index (χ3n) is 5.81. The van der Waals surface area contributed by atoms with Crippen LogP contribution < -0.4 is 4.74 Å². The Kier molecular flexibility index (Phi) is 11.3. The molecule has 0 fully saturated rings. The molecular formula is C28H42N2O. The molecule has 2 aromatic carbocycles. The highest BCUT2D eigenvalue weighted by atomic mass is 16.5. The highest BCUT2D eigenvalue weighted by Crippen LogP contribution is 2.29. The summed E-state index contributed by atoms with van der Waals surface area (Å²) in [6.07, 6.45) is 13.4. The Hall–Kier alpha value is -2.16. The van der Waals surface area contributed by atoms with Gasteiger partial charge >= 0.3 is 0 Å². The van der Waals surface area contributed by atoms with Gasteiger partial charge in [0.05, 0.1) is 18.0 Å². The first-order chi connectivity index (χ1) is 15.0. The molecule has 3 heteroatoms. The molecule has 0 heterocycles. The molecule has 0 radical (unpaired) electrons. The van der Waals surface area contributed by atoms with Crippen LogP contribution in [0.5, 0.6) is 5.75 Å². The summed E-state index contributed by atoms with van der Waals surface area (Å²) in [4.78, 5) is 0. The minimum absolute atomic E-state index is 0.792. The summed E-state index contributed by atoms with van der Waals surface area (Å²) < 4.78 is 6.01. The monoisotopic (exact) mass is 422 g/mol. The van der Waals surface area contributed by atoms with Gasteiger partial charge in [-0.1, -0.05) is 82.4 Å². The fourth-order valence-corrected chi connectivity index (χ4v) is 4.07. The van der Waals surface area contributed by atoms with Crippen LogP contribution in [0.25, 0.3) is 0 Å². The standard InChI is InChI=1S/C28H42N2O/c1-6-7-8-9-10-11-12-13-14-15-18-31-27-17-16-26(21-23(27)3)29-30-28-24(4)19-22(2)20-25(28)5/h16-17,19-21H,6-15,18H2,1-5H3. The first kappa shape index (κ1) is 25.1. The summed E-state index contributed by atoms with van der Waals surface area (Å²) in [6, 6.07) is 10.4. The van der Waals surface area contributed by atoms with E-state index in [2.05, 4.69) is 63.0 Å². The molecule has 0 unspecified atom stereocenters. The van der Waals surface area contributed by atoms with Gasteiger partial charge < -0.3 is 4.74 Å². The van der Waals surface area contributed by atoms with Gasteiger partial charge in [0.2, 0.25) is 0 Å². The maximum Gasteiger partial charge on any atom is 0.122 e. The Bertz CT molecular complexity index is 803. The second kappa shape index (κ2) is 14.0. The number of benzene rings is 2. The van der Waals surface area contributed by atoms with Gasteiger partial charge in [-0.25, -0.2) is 0 Å². The molecule has 2 rings (SSSR count). The minimum atomic E-state index is 0.792. The van der Waals surface area contributed by atoms with Crippen LogP contribution in [0, 0.1) is 27.7 Å². The second-order valence-corrected chi connectivity index (χ2v) is 8.93. The number of nitrogens with zero attached hydrogens (tertiary/aromatic N) is 2. The van der Waals surface area contributed by atoms with E-state index in [1.54, 1.807) is 0 Å². The maximum absolute atomic E-state index is 6.01. The number of aryl methyl sites for hydroxylation is 4. The van der Waals surface area contributed by atoms with Crippen molar-refractivity contribution in [1.29, 1.82) is 0 Å². The Morgan fingerprint density at radius 1 is 0.645 bits per heavy atom. The van der Waals surface area contributed by atoms with E-state index in [4.69, 9.17) is 4.74 Å². The van der Waals surface area contributed by atoms with Crippen LogP contribution >= 0.6 is 0 Å². The van der Waals surface area contributed by atoms with Crippen LogP contribution in [-0.2, 0) is 0 Å². The molecule has 0 aliphatic rings. The van der Waals surface area contributed by atoms with Gasteiger partial charge in [0.15, 0.2) is 0 Å². The highest BCUT2D eigenvalue weighted by Gasteiger charge is 2.04. The Balaban J connectivity index is 1.71. The third-order valence-corrected chi connectivity index (χ3v) is 5.81. The Morgan fingerprint density at radius 3 is 1.81 bits per heavy atom. The van der Waals surface area contributed by atoms with Crippen LogP contribution in [-0.4, -0.2) is 6.61 Å². The van der Waals surface area contributed by atoms with Crippen LogP contribution in [0.15, 0.2) is 40.6 Å². The lowest BCUT2D eigenvalue weighted by Gasteiger charge is -2.10. The highest BCUT2D eigenvalue weighted by molar-refractivity contribution is 5.54. The fraction of sp³-hybridized carbons (Fsp3) is 0.571. The van der Waals surface area contributed by atoms with Gasteiger partial charge in [-0.3, -0.25) is 0 Å². The summed E-state index contributed by atoms with van der Waals surface area (Å²) in [5, 5.41) is 8.96. The van der Waals surface area contributed by atoms with E-state index in [-0.39, 0.29) is 0 Å². The van der Waals surface area contributed by atoms with Crippen molar-refractivity contribution in [1.82, 2.24) is 0 Å². The van der Waals surface area contributed by atoms with E-state index in [1.807, 2.05) is 12.1 Å². The molecule has 0 saturated heterocycles. The zero-order chi connectivity index (χ0) is 22.5. The molecule has 0 amide bonds. The lowest BCUT2D eigenvalue weighted by atomic mass is 10.1. The Morgan fingerprint density at radius 2 is 1.23 bits per heavy atom. The number of hydrogen-bond donors (Lipinski definition) is 0. The molecule has 0 spiro atoms. The van der Waals surface area contributed by atoms with Crippen LogP contribution in [0.3, 0.4) is 0 Å². The van der Waals surface area contributed by atoms with Gasteiger partial charge in [0, 0.05) is 0 Å². The summed E-state index contributed by atoms with van der Waals surface area (Å²) in [6.45, 7) is 11.4. The van der Waals surface area contributed by atoms with Gasteiger partial charge in [-0.2, -0.15) is 10.2 Å². The zero-order valence-corrected chi connectivity index (χ0v) is 20.5. The van der Waals surface area contributed by atoms with E-state index >= 15 is 0 Å². The van der Waals surface area contributed by atoms with Crippen molar-refractivity contribution in [2.75, 3.05) is 6.61 Å². The molecule has 0 aliphatic heterocycles. The molecule has 0 saturated carbocycles. The predicted octanol–water partition coefficient (Wildman–Crippen LogP) is 9.64. The van der Waals surface area contributed by atoms with Crippen LogP contribution in [0.2, 0.25) is 0 Å². The quantitative estimate of drug-likeness (QED) is 0.220. The maximum atomic E-state index is 6.01. The largest absolute Gasteiger partial charge is 0.493 e. The third kappa shape index (κ3) is 9.25. The van der Waals surface area contributed by atoms with Gasteiger partial charge in [0.25, 0.3) is 0 Å². The van der Waals surface area contributed by atoms with Crippen molar-refractivity contribution in [3.05, 3.63) is 52.6 Å². The lowest BCUT2D eigenvalue weighted by Crippen LogP contribution is -1.98. The average molecular weight is 423 g/mol. The van der Waals surface area contributed by atoms with Gasteiger partial charge in [0.1, 0.15) is 5.75 Å². The van der Waals surface area contributed by atoms with Gasteiger partial charge in [-0.05, 0) is 69.0 Å². The molecule has 0 aromatic heterocycles. The number of hydrogen-bond acceptors (Lipinski definition) is 3. The minimum Gasteiger partial charge on any atom is -0.493 e. The summed E-state index contributed by atoms with van der Waals surface area (Å²) in [5.74, 6) is 0.956. The first-order valence-corrected chi connectivity index (χ1v) is 12.2. The topological polar surface area (TPSA) is 34.0 Å². The predicted molar refractivity (Wildman–Crippen MR) is 133 cm³/mol. The van der Waals surface area contributed by atoms with E-state index in [1.165, 1.54) is 63.4 Å². The number of unbranched alkanes of at least 4 members (excludes halogenated alkanes) is 9. The molecule has 0 bridgehead atoms. The SMILES string of the molecule is CCCCCCCCCCCCOc1ccc(N=Nc2c(C)cc(C)cc2C)cc1C. The van der Waals surface area contributed by atoms with Crippen LogP contribution in [0.4, 0.5) is 11.4 Å². The molecule has 0 N–H and O–H groups in total. The summed E-state index contributed by atoms with van der Waals surface area (Å²) >= 11 is 0. The molecule has 3 nitrogen and oxygen atoms in total. The van der Waals surface area contributed by atoms with Crippen molar-refractivity contribution in [2.24, 2.45) is 10.2 Å². The average Bonchev–Trinajstić information content (AvgIpc) is 2.72. The van der Waals surface area contributed by atoms with E-state index in [9.17, 15) is 0 Å². The van der Waals surface area contributed by atoms with E-state index < -0.39 is 0 Å². The first-order valence-electron chi connectivity index (χ1n) is 12.2. The smallest absolute Gasteiger partial charge is 0.122 e. The number of rotatable bonds is 14. The van der Waals surface area contributed by atoms with E-state index in [0.717, 1.165) is 46.8 Å². The lowest BCUT2D eigenvalue weighted by molar-refractivity contribution is 0.302.